The van der Waals surface area contributed by atoms with E-state index in [-0.39, 0.29) is 11.4 Å². The summed E-state index contributed by atoms with van der Waals surface area (Å²) in [7, 11) is 1.49. The molecular formula is C12H9ClN2O3. The van der Waals surface area contributed by atoms with Gasteiger partial charge in [-0.25, -0.2) is 9.78 Å². The van der Waals surface area contributed by atoms with Gasteiger partial charge in [0.15, 0.2) is 5.69 Å². The van der Waals surface area contributed by atoms with Gasteiger partial charge in [-0.05, 0) is 18.2 Å². The molecule has 0 bridgehead atoms. The maximum Gasteiger partial charge on any atom is 0.356 e. The zero-order valence-corrected chi connectivity index (χ0v) is 10.2. The van der Waals surface area contributed by atoms with Crippen LogP contribution < -0.4 is 4.74 Å². The summed E-state index contributed by atoms with van der Waals surface area (Å²) in [4.78, 5) is 18.9. The Kier molecular flexibility index (Phi) is 3.43. The van der Waals surface area contributed by atoms with Crippen LogP contribution in [0.5, 0.6) is 5.75 Å². The molecule has 5 nitrogen and oxygen atoms in total. The predicted molar refractivity (Wildman–Crippen MR) is 66.0 cm³/mol. The summed E-state index contributed by atoms with van der Waals surface area (Å²) >= 11 is 5.90. The molecule has 0 atom stereocenters. The van der Waals surface area contributed by atoms with Crippen molar-refractivity contribution in [1.82, 2.24) is 9.97 Å². The molecule has 0 aliphatic rings. The zero-order chi connectivity index (χ0) is 13.1. The molecule has 18 heavy (non-hydrogen) atoms. The van der Waals surface area contributed by atoms with E-state index in [4.69, 9.17) is 21.4 Å². The van der Waals surface area contributed by atoms with Gasteiger partial charge in [0.25, 0.3) is 0 Å². The first kappa shape index (κ1) is 12.3. The van der Waals surface area contributed by atoms with Crippen molar-refractivity contribution in [2.45, 2.75) is 0 Å². The fraction of sp³-hybridized carbons (Fsp3) is 0.0833. The number of nitrogens with zero attached hydrogens (tertiary/aromatic N) is 2. The van der Waals surface area contributed by atoms with Gasteiger partial charge in [0.05, 0.1) is 7.11 Å². The Balaban J connectivity index is 2.68. The van der Waals surface area contributed by atoms with E-state index in [0.29, 0.717) is 16.3 Å². The van der Waals surface area contributed by atoms with Crippen molar-refractivity contribution in [3.8, 4) is 17.0 Å². The van der Waals surface area contributed by atoms with Gasteiger partial charge in [0.2, 0.25) is 0 Å². The SMILES string of the molecule is COc1ccc(Cl)cc1-c1nccnc1C(=O)O. The summed E-state index contributed by atoms with van der Waals surface area (Å²) in [5.74, 6) is -0.664. The second-order valence-corrected chi connectivity index (χ2v) is 3.84. The third-order valence-corrected chi connectivity index (χ3v) is 2.55. The van der Waals surface area contributed by atoms with Crippen LogP contribution in [-0.4, -0.2) is 28.2 Å². The van der Waals surface area contributed by atoms with E-state index < -0.39 is 5.97 Å². The minimum Gasteiger partial charge on any atom is -0.496 e. The van der Waals surface area contributed by atoms with Crippen LogP contribution in [0.3, 0.4) is 0 Å². The van der Waals surface area contributed by atoms with Gasteiger partial charge in [-0.1, -0.05) is 11.6 Å². The molecule has 0 aliphatic heterocycles. The van der Waals surface area contributed by atoms with Crippen LogP contribution in [-0.2, 0) is 0 Å². The first-order valence-corrected chi connectivity index (χ1v) is 5.39. The molecular weight excluding hydrogens is 256 g/mol. The summed E-state index contributed by atoms with van der Waals surface area (Å²) in [5, 5.41) is 9.55. The molecule has 92 valence electrons. The fourth-order valence-corrected chi connectivity index (χ4v) is 1.73. The highest BCUT2D eigenvalue weighted by atomic mass is 35.5. The molecule has 0 spiro atoms. The summed E-state index contributed by atoms with van der Waals surface area (Å²) in [6.45, 7) is 0. The highest BCUT2D eigenvalue weighted by Gasteiger charge is 2.17. The molecule has 1 heterocycles. The zero-order valence-electron chi connectivity index (χ0n) is 9.42. The lowest BCUT2D eigenvalue weighted by molar-refractivity contribution is 0.0691. The summed E-state index contributed by atoms with van der Waals surface area (Å²) in [6, 6.07) is 4.90. The molecule has 6 heteroatoms. The summed E-state index contributed by atoms with van der Waals surface area (Å²) in [5.41, 5.74) is 0.581. The third kappa shape index (κ3) is 2.26. The lowest BCUT2D eigenvalue weighted by Gasteiger charge is -2.09. The van der Waals surface area contributed by atoms with Crippen LogP contribution >= 0.6 is 11.6 Å². The number of ether oxygens (including phenoxy) is 1. The van der Waals surface area contributed by atoms with Crippen LogP contribution in [0.4, 0.5) is 0 Å². The van der Waals surface area contributed by atoms with Gasteiger partial charge in [-0.2, -0.15) is 0 Å². The second-order valence-electron chi connectivity index (χ2n) is 3.40. The Bertz CT molecular complexity index is 602. The fourth-order valence-electron chi connectivity index (χ4n) is 1.56. The van der Waals surface area contributed by atoms with Gasteiger partial charge >= 0.3 is 5.97 Å². The first-order chi connectivity index (χ1) is 8.63. The highest BCUT2D eigenvalue weighted by molar-refractivity contribution is 6.31. The molecule has 0 amide bonds. The van der Waals surface area contributed by atoms with Crippen LogP contribution in [0.2, 0.25) is 5.02 Å². The summed E-state index contributed by atoms with van der Waals surface area (Å²) in [6.07, 6.45) is 2.74. The van der Waals surface area contributed by atoms with E-state index in [1.54, 1.807) is 18.2 Å². The lowest BCUT2D eigenvalue weighted by atomic mass is 10.1. The minimum atomic E-state index is -1.15. The quantitative estimate of drug-likeness (QED) is 0.922. The molecule has 0 fully saturated rings. The molecule has 0 radical (unpaired) electrons. The topological polar surface area (TPSA) is 72.3 Å². The number of aromatic nitrogens is 2. The lowest BCUT2D eigenvalue weighted by Crippen LogP contribution is -2.05. The van der Waals surface area contributed by atoms with E-state index in [9.17, 15) is 4.79 Å². The molecule has 0 saturated heterocycles. The van der Waals surface area contributed by atoms with E-state index in [0.717, 1.165) is 0 Å². The van der Waals surface area contributed by atoms with Crippen molar-refractivity contribution in [2.75, 3.05) is 7.11 Å². The average molecular weight is 265 g/mol. The van der Waals surface area contributed by atoms with E-state index in [1.807, 2.05) is 0 Å². The number of benzene rings is 1. The maximum absolute atomic E-state index is 11.1. The number of halogens is 1. The maximum atomic E-state index is 11.1. The van der Waals surface area contributed by atoms with Gasteiger partial charge in [-0.15, -0.1) is 0 Å². The monoisotopic (exact) mass is 264 g/mol. The van der Waals surface area contributed by atoms with Crippen LogP contribution in [0.25, 0.3) is 11.3 Å². The third-order valence-electron chi connectivity index (χ3n) is 2.32. The van der Waals surface area contributed by atoms with E-state index >= 15 is 0 Å². The van der Waals surface area contributed by atoms with Gasteiger partial charge in [0.1, 0.15) is 11.4 Å². The minimum absolute atomic E-state index is 0.141. The normalized spacial score (nSPS) is 10.1. The Hall–Kier alpha value is -2.14. The number of hydrogen-bond donors (Lipinski definition) is 1. The van der Waals surface area contributed by atoms with Crippen molar-refractivity contribution >= 4 is 17.6 Å². The van der Waals surface area contributed by atoms with Crippen molar-refractivity contribution < 1.29 is 14.6 Å². The number of carboxylic acid groups (broad SMARTS) is 1. The molecule has 0 unspecified atom stereocenters. The van der Waals surface area contributed by atoms with Crippen LogP contribution in [0.1, 0.15) is 10.5 Å². The number of carbonyl (C=O) groups is 1. The highest BCUT2D eigenvalue weighted by Crippen LogP contribution is 2.32. The van der Waals surface area contributed by atoms with Crippen molar-refractivity contribution in [2.24, 2.45) is 0 Å². The van der Waals surface area contributed by atoms with E-state index in [1.165, 1.54) is 19.5 Å². The number of aromatic carboxylic acids is 1. The number of methoxy groups -OCH3 is 1. The molecule has 0 aliphatic carbocycles. The largest absolute Gasteiger partial charge is 0.496 e. The van der Waals surface area contributed by atoms with Gasteiger partial charge in [-0.3, -0.25) is 4.98 Å². The van der Waals surface area contributed by atoms with Crippen molar-refractivity contribution in [3.63, 3.8) is 0 Å². The predicted octanol–water partition coefficient (Wildman–Crippen LogP) is 2.50. The van der Waals surface area contributed by atoms with Crippen molar-refractivity contribution in [3.05, 3.63) is 41.3 Å². The van der Waals surface area contributed by atoms with Crippen LogP contribution in [0, 0.1) is 0 Å². The second kappa shape index (κ2) is 5.01. The summed E-state index contributed by atoms with van der Waals surface area (Å²) < 4.78 is 5.17. The van der Waals surface area contributed by atoms with Gasteiger partial charge < -0.3 is 9.84 Å². The van der Waals surface area contributed by atoms with Gasteiger partial charge in [0, 0.05) is 23.0 Å². The number of rotatable bonds is 3. The molecule has 1 aromatic heterocycles. The van der Waals surface area contributed by atoms with Crippen molar-refractivity contribution in [1.29, 1.82) is 0 Å². The molecule has 0 saturated carbocycles. The Morgan fingerprint density at radius 3 is 2.72 bits per heavy atom. The van der Waals surface area contributed by atoms with E-state index in [2.05, 4.69) is 9.97 Å². The first-order valence-electron chi connectivity index (χ1n) is 5.01. The standard InChI is InChI=1S/C12H9ClN2O3/c1-18-9-3-2-7(13)6-8(9)10-11(12(16)17)15-5-4-14-10/h2-6H,1H3,(H,16,17). The molecule has 1 N–H and O–H groups in total. The molecule has 2 aromatic rings. The Morgan fingerprint density at radius 2 is 2.06 bits per heavy atom. The Labute approximate surface area is 108 Å². The molecule has 2 rings (SSSR count). The molecule has 1 aromatic carbocycles. The smallest absolute Gasteiger partial charge is 0.356 e. The Morgan fingerprint density at radius 1 is 1.33 bits per heavy atom. The van der Waals surface area contributed by atoms with Crippen LogP contribution in [0.15, 0.2) is 30.6 Å². The average Bonchev–Trinajstić information content (AvgIpc) is 2.38. The number of hydrogen-bond acceptors (Lipinski definition) is 4. The number of carboxylic acids is 1.